The number of carbonyl (C=O) groups is 1. The Bertz CT molecular complexity index is 412. The molecule has 2 N–H and O–H groups in total. The third kappa shape index (κ3) is 5.74. The van der Waals surface area contributed by atoms with Gasteiger partial charge in [-0.2, -0.15) is 0 Å². The van der Waals surface area contributed by atoms with Crippen LogP contribution in [0.15, 0.2) is 24.3 Å². The van der Waals surface area contributed by atoms with Crippen LogP contribution in [0, 0.1) is 11.8 Å². The van der Waals surface area contributed by atoms with E-state index in [1.165, 1.54) is 0 Å². The number of rotatable bonds is 5. The standard InChI is InChI=1S/C14H17NO2/c1-15-11-3-5-13-9-7-12(8-10-13)4-2-6-14(16)17/h7-10,15H,2,4,6,11H2,1H3,(H,16,17). The van der Waals surface area contributed by atoms with E-state index in [0.29, 0.717) is 13.0 Å². The first kappa shape index (κ1) is 13.3. The third-order valence-electron chi connectivity index (χ3n) is 2.31. The molecule has 3 nitrogen and oxygen atoms in total. The number of carboxylic acids is 1. The molecule has 1 aromatic rings. The van der Waals surface area contributed by atoms with Gasteiger partial charge in [-0.1, -0.05) is 24.0 Å². The highest BCUT2D eigenvalue weighted by Gasteiger charge is 1.98. The van der Waals surface area contributed by atoms with Crippen LogP contribution in [0.4, 0.5) is 0 Å². The van der Waals surface area contributed by atoms with Gasteiger partial charge in [0.25, 0.3) is 0 Å². The second-order valence-corrected chi connectivity index (χ2v) is 3.78. The highest BCUT2D eigenvalue weighted by atomic mass is 16.4. The van der Waals surface area contributed by atoms with Gasteiger partial charge in [0.2, 0.25) is 0 Å². The van der Waals surface area contributed by atoms with Gasteiger partial charge in [0.15, 0.2) is 0 Å². The summed E-state index contributed by atoms with van der Waals surface area (Å²) in [6.07, 6.45) is 1.71. The van der Waals surface area contributed by atoms with Gasteiger partial charge in [-0.15, -0.1) is 0 Å². The summed E-state index contributed by atoms with van der Waals surface area (Å²) in [5.74, 6) is 5.29. The molecule has 0 radical (unpaired) electrons. The molecule has 0 heterocycles. The highest BCUT2D eigenvalue weighted by molar-refractivity contribution is 5.66. The Morgan fingerprint density at radius 1 is 1.35 bits per heavy atom. The number of benzene rings is 1. The Balaban J connectivity index is 2.45. The molecule has 1 aromatic carbocycles. The van der Waals surface area contributed by atoms with Crippen LogP contribution in [0.3, 0.4) is 0 Å². The van der Waals surface area contributed by atoms with Crippen LogP contribution < -0.4 is 5.32 Å². The zero-order chi connectivity index (χ0) is 12.5. The molecule has 0 spiro atoms. The molecule has 0 fully saturated rings. The molecule has 0 saturated carbocycles. The molecule has 3 heteroatoms. The summed E-state index contributed by atoms with van der Waals surface area (Å²) in [4.78, 5) is 10.4. The van der Waals surface area contributed by atoms with Crippen molar-refractivity contribution in [2.24, 2.45) is 0 Å². The molecule has 0 aromatic heterocycles. The lowest BCUT2D eigenvalue weighted by Crippen LogP contribution is -2.04. The van der Waals surface area contributed by atoms with Crippen molar-refractivity contribution < 1.29 is 9.90 Å². The Hall–Kier alpha value is -1.79. The first-order valence-electron chi connectivity index (χ1n) is 5.66. The van der Waals surface area contributed by atoms with E-state index in [9.17, 15) is 4.79 Å². The summed E-state index contributed by atoms with van der Waals surface area (Å²) in [5.41, 5.74) is 2.15. The molecule has 0 aliphatic rings. The molecule has 0 amide bonds. The second-order valence-electron chi connectivity index (χ2n) is 3.78. The average molecular weight is 231 g/mol. The summed E-state index contributed by atoms with van der Waals surface area (Å²) in [6, 6.07) is 7.95. The largest absolute Gasteiger partial charge is 0.481 e. The van der Waals surface area contributed by atoms with E-state index in [1.807, 2.05) is 31.3 Å². The summed E-state index contributed by atoms with van der Waals surface area (Å²) >= 11 is 0. The lowest BCUT2D eigenvalue weighted by atomic mass is 10.1. The molecule has 1 rings (SSSR count). The molecular weight excluding hydrogens is 214 g/mol. The minimum Gasteiger partial charge on any atom is -0.481 e. The third-order valence-corrected chi connectivity index (χ3v) is 2.31. The van der Waals surface area contributed by atoms with Crippen LogP contribution >= 0.6 is 0 Å². The molecule has 0 aliphatic carbocycles. The van der Waals surface area contributed by atoms with Crippen LogP contribution in [0.1, 0.15) is 24.0 Å². The maximum Gasteiger partial charge on any atom is 0.303 e. The van der Waals surface area contributed by atoms with Crippen LogP contribution in [-0.4, -0.2) is 24.7 Å². The van der Waals surface area contributed by atoms with Crippen molar-refractivity contribution in [2.75, 3.05) is 13.6 Å². The fourth-order valence-electron chi connectivity index (χ4n) is 1.43. The fourth-order valence-corrected chi connectivity index (χ4v) is 1.43. The maximum absolute atomic E-state index is 10.4. The molecule has 0 atom stereocenters. The van der Waals surface area contributed by atoms with Gasteiger partial charge in [-0.05, 0) is 37.6 Å². The van der Waals surface area contributed by atoms with Crippen LogP contribution in [0.25, 0.3) is 0 Å². The van der Waals surface area contributed by atoms with Crippen LogP contribution in [-0.2, 0) is 11.2 Å². The Morgan fingerprint density at radius 2 is 2.06 bits per heavy atom. The van der Waals surface area contributed by atoms with E-state index in [1.54, 1.807) is 0 Å². The number of aryl methyl sites for hydroxylation is 1. The van der Waals surface area contributed by atoms with Crippen molar-refractivity contribution in [2.45, 2.75) is 19.3 Å². The van der Waals surface area contributed by atoms with Gasteiger partial charge in [0.05, 0.1) is 6.54 Å². The van der Waals surface area contributed by atoms with Crippen molar-refractivity contribution in [1.29, 1.82) is 0 Å². The highest BCUT2D eigenvalue weighted by Crippen LogP contribution is 2.07. The fraction of sp³-hybridized carbons (Fsp3) is 0.357. The van der Waals surface area contributed by atoms with Crippen molar-refractivity contribution >= 4 is 5.97 Å². The summed E-state index contributed by atoms with van der Waals surface area (Å²) in [5, 5.41) is 11.5. The van der Waals surface area contributed by atoms with Crippen molar-refractivity contribution in [3.05, 3.63) is 35.4 Å². The van der Waals surface area contributed by atoms with E-state index in [4.69, 9.17) is 5.11 Å². The Kier molecular flexibility index (Phi) is 5.84. The van der Waals surface area contributed by atoms with Gasteiger partial charge in [-0.25, -0.2) is 0 Å². The first-order valence-corrected chi connectivity index (χ1v) is 5.66. The van der Waals surface area contributed by atoms with E-state index in [0.717, 1.165) is 17.5 Å². The van der Waals surface area contributed by atoms with Gasteiger partial charge in [0, 0.05) is 12.0 Å². The topological polar surface area (TPSA) is 49.3 Å². The summed E-state index contributed by atoms with van der Waals surface area (Å²) < 4.78 is 0. The van der Waals surface area contributed by atoms with Gasteiger partial charge < -0.3 is 10.4 Å². The van der Waals surface area contributed by atoms with E-state index < -0.39 is 5.97 Å². The second kappa shape index (κ2) is 7.48. The predicted octanol–water partition coefficient (Wildman–Crippen LogP) is 1.66. The molecule has 0 aliphatic heterocycles. The molecule has 0 bridgehead atoms. The molecule has 17 heavy (non-hydrogen) atoms. The maximum atomic E-state index is 10.4. The molecular formula is C14H17NO2. The van der Waals surface area contributed by atoms with Gasteiger partial charge >= 0.3 is 5.97 Å². The van der Waals surface area contributed by atoms with Crippen molar-refractivity contribution in [3.8, 4) is 11.8 Å². The molecule has 0 unspecified atom stereocenters. The SMILES string of the molecule is CNCC#Cc1ccc(CCCC(=O)O)cc1. The van der Waals surface area contributed by atoms with Gasteiger partial charge in [-0.3, -0.25) is 4.79 Å². The lowest BCUT2D eigenvalue weighted by molar-refractivity contribution is -0.137. The van der Waals surface area contributed by atoms with Crippen LogP contribution in [0.5, 0.6) is 0 Å². The number of hydrogen-bond acceptors (Lipinski definition) is 2. The number of aliphatic carboxylic acids is 1. The lowest BCUT2D eigenvalue weighted by Gasteiger charge is -1.99. The first-order chi connectivity index (χ1) is 8.22. The zero-order valence-electron chi connectivity index (χ0n) is 9.99. The molecule has 90 valence electrons. The monoisotopic (exact) mass is 231 g/mol. The number of carboxylic acid groups (broad SMARTS) is 1. The molecule has 0 saturated heterocycles. The van der Waals surface area contributed by atoms with E-state index in [2.05, 4.69) is 17.2 Å². The van der Waals surface area contributed by atoms with Crippen molar-refractivity contribution in [3.63, 3.8) is 0 Å². The average Bonchev–Trinajstić information content (AvgIpc) is 2.31. The predicted molar refractivity (Wildman–Crippen MR) is 67.8 cm³/mol. The minimum atomic E-state index is -0.737. The number of hydrogen-bond donors (Lipinski definition) is 2. The quantitative estimate of drug-likeness (QED) is 0.758. The van der Waals surface area contributed by atoms with Crippen LogP contribution in [0.2, 0.25) is 0 Å². The smallest absolute Gasteiger partial charge is 0.303 e. The summed E-state index contributed by atoms with van der Waals surface area (Å²) in [6.45, 7) is 0.681. The Morgan fingerprint density at radius 3 is 2.65 bits per heavy atom. The number of nitrogens with one attached hydrogen (secondary N) is 1. The van der Waals surface area contributed by atoms with Crippen molar-refractivity contribution in [1.82, 2.24) is 5.32 Å². The van der Waals surface area contributed by atoms with Gasteiger partial charge in [0.1, 0.15) is 0 Å². The van der Waals surface area contributed by atoms with E-state index >= 15 is 0 Å². The Labute approximate surface area is 102 Å². The minimum absolute atomic E-state index is 0.226. The normalized spacial score (nSPS) is 9.47. The van der Waals surface area contributed by atoms with E-state index in [-0.39, 0.29) is 6.42 Å². The summed E-state index contributed by atoms with van der Waals surface area (Å²) in [7, 11) is 1.86. The zero-order valence-corrected chi connectivity index (χ0v) is 9.99.